The molecule has 3 rings (SSSR count). The first-order chi connectivity index (χ1) is 13.1. The van der Waals surface area contributed by atoms with Gasteiger partial charge >= 0.3 is 5.97 Å². The van der Waals surface area contributed by atoms with Crippen LogP contribution < -0.4 is 4.74 Å². The quantitative estimate of drug-likeness (QED) is 0.424. The number of carbonyl (C=O) groups is 3. The highest BCUT2D eigenvalue weighted by molar-refractivity contribution is 6.21. The molecule has 1 heterocycles. The van der Waals surface area contributed by atoms with E-state index in [4.69, 9.17) is 14.7 Å². The van der Waals surface area contributed by atoms with Crippen LogP contribution in [0.25, 0.3) is 0 Å². The maximum absolute atomic E-state index is 12.2. The van der Waals surface area contributed by atoms with E-state index in [0.29, 0.717) is 22.4 Å². The molecule has 0 spiro atoms. The van der Waals surface area contributed by atoms with Crippen molar-refractivity contribution in [2.24, 2.45) is 0 Å². The summed E-state index contributed by atoms with van der Waals surface area (Å²) in [5.74, 6) is -0.744. The van der Waals surface area contributed by atoms with E-state index in [2.05, 4.69) is 0 Å². The van der Waals surface area contributed by atoms with Gasteiger partial charge in [-0.2, -0.15) is 5.26 Å². The van der Waals surface area contributed by atoms with E-state index in [1.54, 1.807) is 48.5 Å². The van der Waals surface area contributed by atoms with Crippen LogP contribution in [0.5, 0.6) is 5.75 Å². The minimum Gasteiger partial charge on any atom is -0.490 e. The number of rotatable bonds is 7. The zero-order chi connectivity index (χ0) is 19.2. The normalized spacial score (nSPS) is 12.5. The average molecular weight is 364 g/mol. The lowest BCUT2D eigenvalue weighted by molar-refractivity contribution is -0.144. The number of ether oxygens (including phenoxy) is 2. The lowest BCUT2D eigenvalue weighted by atomic mass is 10.1. The molecular formula is C20H16N2O5. The molecule has 1 aliphatic rings. The molecule has 0 bridgehead atoms. The lowest BCUT2D eigenvalue weighted by Gasteiger charge is -2.13. The van der Waals surface area contributed by atoms with Gasteiger partial charge in [-0.3, -0.25) is 19.3 Å². The highest BCUT2D eigenvalue weighted by Gasteiger charge is 2.35. The van der Waals surface area contributed by atoms with E-state index in [0.717, 1.165) is 4.90 Å². The molecule has 0 saturated heterocycles. The minimum atomic E-state index is -0.519. The minimum absolute atomic E-state index is 0.0261. The van der Waals surface area contributed by atoms with Gasteiger partial charge in [-0.25, -0.2) is 0 Å². The summed E-state index contributed by atoms with van der Waals surface area (Å²) < 4.78 is 10.5. The Morgan fingerprint density at radius 1 is 0.963 bits per heavy atom. The number of nitriles is 1. The van der Waals surface area contributed by atoms with E-state index >= 15 is 0 Å². The van der Waals surface area contributed by atoms with Crippen LogP contribution in [0.4, 0.5) is 0 Å². The third kappa shape index (κ3) is 4.12. The number of carbonyl (C=O) groups excluding carboxylic acids is 3. The summed E-state index contributed by atoms with van der Waals surface area (Å²) in [6, 6.07) is 15.1. The SMILES string of the molecule is N#Cc1ccc(OCCOC(=O)CCN2C(=O)c3ccccc3C2=O)cc1. The standard InChI is InChI=1S/C20H16N2O5/c21-13-14-5-7-15(8-6-14)26-11-12-27-18(23)9-10-22-19(24)16-3-1-2-4-17(16)20(22)25/h1-8H,9-12H2. The number of nitrogens with zero attached hydrogens (tertiary/aromatic N) is 2. The van der Waals surface area contributed by atoms with Crippen LogP contribution in [0, 0.1) is 11.3 Å². The summed E-state index contributed by atoms with van der Waals surface area (Å²) in [7, 11) is 0. The molecule has 0 radical (unpaired) electrons. The molecule has 7 nitrogen and oxygen atoms in total. The Morgan fingerprint density at radius 2 is 1.59 bits per heavy atom. The van der Waals surface area contributed by atoms with E-state index in [9.17, 15) is 14.4 Å². The summed E-state index contributed by atoms with van der Waals surface area (Å²) in [6.45, 7) is 0.174. The molecule has 27 heavy (non-hydrogen) atoms. The molecule has 7 heteroatoms. The van der Waals surface area contributed by atoms with Crippen molar-refractivity contribution in [1.82, 2.24) is 4.90 Å². The van der Waals surface area contributed by atoms with Crippen LogP contribution in [0.2, 0.25) is 0 Å². The van der Waals surface area contributed by atoms with Crippen LogP contribution in [0.3, 0.4) is 0 Å². The van der Waals surface area contributed by atoms with Crippen LogP contribution >= 0.6 is 0 Å². The number of hydrogen-bond acceptors (Lipinski definition) is 6. The molecule has 0 aromatic heterocycles. The van der Waals surface area contributed by atoms with Gasteiger partial charge in [-0.1, -0.05) is 12.1 Å². The van der Waals surface area contributed by atoms with Crippen LogP contribution in [-0.2, 0) is 9.53 Å². The fourth-order valence-corrected chi connectivity index (χ4v) is 2.66. The first-order valence-electron chi connectivity index (χ1n) is 8.34. The maximum atomic E-state index is 12.2. The second-order valence-corrected chi connectivity index (χ2v) is 5.76. The van der Waals surface area contributed by atoms with Crippen molar-refractivity contribution in [2.75, 3.05) is 19.8 Å². The predicted octanol–water partition coefficient (Wildman–Crippen LogP) is 2.17. The molecule has 2 aromatic carbocycles. The van der Waals surface area contributed by atoms with Gasteiger partial charge in [-0.05, 0) is 36.4 Å². The van der Waals surface area contributed by atoms with E-state index in [1.807, 2.05) is 6.07 Å². The molecule has 0 N–H and O–H groups in total. The van der Waals surface area contributed by atoms with Gasteiger partial charge in [-0.15, -0.1) is 0 Å². The highest BCUT2D eigenvalue weighted by Crippen LogP contribution is 2.22. The number of imide groups is 1. The van der Waals surface area contributed by atoms with Crippen molar-refractivity contribution >= 4 is 17.8 Å². The second-order valence-electron chi connectivity index (χ2n) is 5.76. The topological polar surface area (TPSA) is 96.7 Å². The smallest absolute Gasteiger partial charge is 0.307 e. The molecule has 1 aliphatic heterocycles. The molecule has 0 fully saturated rings. The van der Waals surface area contributed by atoms with E-state index in [-0.39, 0.29) is 26.2 Å². The first-order valence-corrected chi connectivity index (χ1v) is 8.34. The molecule has 0 saturated carbocycles. The molecular weight excluding hydrogens is 348 g/mol. The average Bonchev–Trinajstić information content (AvgIpc) is 2.94. The Kier molecular flexibility index (Phi) is 5.47. The predicted molar refractivity (Wildman–Crippen MR) is 94.0 cm³/mol. The van der Waals surface area contributed by atoms with Crippen molar-refractivity contribution < 1.29 is 23.9 Å². The first kappa shape index (κ1) is 18.1. The van der Waals surface area contributed by atoms with Gasteiger partial charge in [0, 0.05) is 6.54 Å². The number of fused-ring (bicyclic) bond motifs is 1. The molecule has 2 aromatic rings. The summed E-state index contributed by atoms with van der Waals surface area (Å²) in [6.07, 6.45) is -0.0810. The lowest BCUT2D eigenvalue weighted by Crippen LogP contribution is -2.32. The van der Waals surface area contributed by atoms with Crippen LogP contribution in [0.1, 0.15) is 32.7 Å². The Morgan fingerprint density at radius 3 is 2.19 bits per heavy atom. The molecule has 136 valence electrons. The van der Waals surface area contributed by atoms with Gasteiger partial charge in [0.05, 0.1) is 29.2 Å². The fourth-order valence-electron chi connectivity index (χ4n) is 2.66. The van der Waals surface area contributed by atoms with E-state index < -0.39 is 17.8 Å². The fraction of sp³-hybridized carbons (Fsp3) is 0.200. The summed E-state index contributed by atoms with van der Waals surface area (Å²) in [5, 5.41) is 8.72. The Labute approximate surface area is 155 Å². The second kappa shape index (κ2) is 8.15. The van der Waals surface area contributed by atoms with E-state index in [1.165, 1.54) is 0 Å². The van der Waals surface area contributed by atoms with Crippen LogP contribution in [-0.4, -0.2) is 42.4 Å². The van der Waals surface area contributed by atoms with Crippen LogP contribution in [0.15, 0.2) is 48.5 Å². The number of esters is 1. The summed E-state index contributed by atoms with van der Waals surface area (Å²) in [4.78, 5) is 37.3. The maximum Gasteiger partial charge on any atom is 0.307 e. The van der Waals surface area contributed by atoms with Gasteiger partial charge in [0.15, 0.2) is 0 Å². The van der Waals surface area contributed by atoms with Crippen molar-refractivity contribution in [1.29, 1.82) is 5.26 Å². The Bertz CT molecular complexity index is 880. The largest absolute Gasteiger partial charge is 0.490 e. The Balaban J connectivity index is 1.39. The molecule has 0 aliphatic carbocycles. The number of hydrogen-bond donors (Lipinski definition) is 0. The highest BCUT2D eigenvalue weighted by atomic mass is 16.6. The molecule has 0 atom stereocenters. The Hall–Kier alpha value is -3.66. The zero-order valence-electron chi connectivity index (χ0n) is 14.4. The van der Waals surface area contributed by atoms with Crippen molar-refractivity contribution in [3.05, 3.63) is 65.2 Å². The number of amides is 2. The third-order valence-corrected chi connectivity index (χ3v) is 4.02. The molecule has 2 amide bonds. The third-order valence-electron chi connectivity index (χ3n) is 4.02. The summed E-state index contributed by atoms with van der Waals surface area (Å²) in [5.41, 5.74) is 1.24. The van der Waals surface area contributed by atoms with Crippen molar-refractivity contribution in [3.63, 3.8) is 0 Å². The number of benzene rings is 2. The van der Waals surface area contributed by atoms with Gasteiger partial charge in [0.25, 0.3) is 11.8 Å². The summed E-state index contributed by atoms with van der Waals surface area (Å²) >= 11 is 0. The monoisotopic (exact) mass is 364 g/mol. The van der Waals surface area contributed by atoms with Gasteiger partial charge < -0.3 is 9.47 Å². The van der Waals surface area contributed by atoms with Gasteiger partial charge in [0.1, 0.15) is 19.0 Å². The van der Waals surface area contributed by atoms with Crippen molar-refractivity contribution in [2.45, 2.75) is 6.42 Å². The van der Waals surface area contributed by atoms with Gasteiger partial charge in [0.2, 0.25) is 0 Å². The molecule has 0 unspecified atom stereocenters. The zero-order valence-corrected chi connectivity index (χ0v) is 14.4. The van der Waals surface area contributed by atoms with Crippen molar-refractivity contribution in [3.8, 4) is 11.8 Å².